The Morgan fingerprint density at radius 1 is 0.962 bits per heavy atom. The third kappa shape index (κ3) is 7.09. The molecule has 3 aliphatic heterocycles. The highest BCUT2D eigenvalue weighted by molar-refractivity contribution is 5.92. The van der Waals surface area contributed by atoms with Gasteiger partial charge in [0.2, 0.25) is 0 Å². The summed E-state index contributed by atoms with van der Waals surface area (Å²) in [7, 11) is 0. The predicted molar refractivity (Wildman–Crippen MR) is 190 cm³/mol. The van der Waals surface area contributed by atoms with E-state index in [-0.39, 0.29) is 31.6 Å². The number of ether oxygens (including phenoxy) is 5. The van der Waals surface area contributed by atoms with Gasteiger partial charge in [-0.1, -0.05) is 13.8 Å². The first-order chi connectivity index (χ1) is 24.4. The molecule has 1 saturated heterocycles. The molecule has 278 valence electrons. The lowest BCUT2D eigenvalue weighted by Crippen LogP contribution is -2.47. The number of nitrogens with zero attached hydrogens (tertiary/aromatic N) is 3. The minimum Gasteiger partial charge on any atom is -0.462 e. The summed E-state index contributed by atoms with van der Waals surface area (Å²) < 4.78 is 29.4. The molecule has 1 amide bonds. The van der Waals surface area contributed by atoms with Crippen molar-refractivity contribution in [2.75, 3.05) is 13.1 Å². The molecule has 13 nitrogen and oxygen atoms in total. The SMILES string of the molecule is CCc1c2c(nc3ccc(OC(=O)OC(C)(C)C)cc13)-c1cc3c(c(=O)n1C2)COC(=O)C3(CC)CC(=O)OC1CCN(C(=O)OC(C)(C)C)CC1. The fourth-order valence-electron chi connectivity index (χ4n) is 7.30. The number of amides is 1. The largest absolute Gasteiger partial charge is 0.514 e. The van der Waals surface area contributed by atoms with Gasteiger partial charge in [-0.2, -0.15) is 0 Å². The van der Waals surface area contributed by atoms with Crippen LogP contribution in [0.1, 0.15) is 103 Å². The minimum absolute atomic E-state index is 0.201. The van der Waals surface area contributed by atoms with Crippen LogP contribution in [0.3, 0.4) is 0 Å². The van der Waals surface area contributed by atoms with E-state index in [1.54, 1.807) is 55.4 Å². The predicted octanol–water partition coefficient (Wildman–Crippen LogP) is 6.34. The normalized spacial score (nSPS) is 18.6. The number of fused-ring (bicyclic) bond motifs is 5. The Bertz CT molecular complexity index is 2010. The van der Waals surface area contributed by atoms with Crippen LogP contribution in [0.2, 0.25) is 0 Å². The number of hydrogen-bond donors (Lipinski definition) is 0. The number of carbonyl (C=O) groups is 4. The number of piperidine rings is 1. The van der Waals surface area contributed by atoms with E-state index >= 15 is 0 Å². The van der Waals surface area contributed by atoms with Crippen molar-refractivity contribution in [2.24, 2.45) is 0 Å². The van der Waals surface area contributed by atoms with Gasteiger partial charge in [0.15, 0.2) is 0 Å². The molecule has 0 bridgehead atoms. The zero-order valence-corrected chi connectivity index (χ0v) is 31.2. The summed E-state index contributed by atoms with van der Waals surface area (Å²) in [6, 6.07) is 6.97. The zero-order chi connectivity index (χ0) is 37.7. The second-order valence-electron chi connectivity index (χ2n) is 15.7. The van der Waals surface area contributed by atoms with Crippen molar-refractivity contribution in [1.29, 1.82) is 0 Å². The number of rotatable bonds is 6. The van der Waals surface area contributed by atoms with Crippen molar-refractivity contribution in [1.82, 2.24) is 14.5 Å². The molecule has 2 aromatic heterocycles. The van der Waals surface area contributed by atoms with Crippen LogP contribution in [-0.2, 0) is 53.5 Å². The highest BCUT2D eigenvalue weighted by Gasteiger charge is 2.49. The number of likely N-dealkylation sites (tertiary alicyclic amines) is 1. The van der Waals surface area contributed by atoms with Crippen molar-refractivity contribution in [2.45, 2.75) is 123 Å². The van der Waals surface area contributed by atoms with Crippen molar-refractivity contribution in [3.05, 3.63) is 56.9 Å². The standard InChI is InChI=1S/C39H47N3O10/c1-9-24-25-17-23(50-36(47)52-38(6,7)8)11-12-29(25)40-32-26(24)20-42-30(32)18-28-27(33(42)44)21-48-34(45)39(28,10-2)19-31(43)49-22-13-15-41(16-14-22)35(46)51-37(3,4)5/h11-12,17-18,22H,9-10,13-16,19-21H2,1-8H3. The number of esters is 2. The lowest BCUT2D eigenvalue weighted by atomic mass is 9.72. The number of cyclic esters (lactones) is 1. The molecule has 13 heteroatoms. The van der Waals surface area contributed by atoms with Gasteiger partial charge in [-0.3, -0.25) is 14.4 Å². The first-order valence-corrected chi connectivity index (χ1v) is 17.9. The highest BCUT2D eigenvalue weighted by Crippen LogP contribution is 2.43. The van der Waals surface area contributed by atoms with Crippen LogP contribution in [0.25, 0.3) is 22.3 Å². The van der Waals surface area contributed by atoms with Gasteiger partial charge in [-0.05, 0) is 89.8 Å². The Hall–Kier alpha value is -4.94. The van der Waals surface area contributed by atoms with E-state index < -0.39 is 46.9 Å². The van der Waals surface area contributed by atoms with Gasteiger partial charge in [0.05, 0.1) is 35.4 Å². The van der Waals surface area contributed by atoms with E-state index in [4.69, 9.17) is 28.7 Å². The molecule has 0 N–H and O–H groups in total. The summed E-state index contributed by atoms with van der Waals surface area (Å²) in [4.78, 5) is 72.8. The Balaban J connectivity index is 1.28. The van der Waals surface area contributed by atoms with E-state index in [1.807, 2.05) is 33.8 Å². The molecule has 5 heterocycles. The number of pyridine rings is 2. The van der Waals surface area contributed by atoms with Crippen LogP contribution in [0.4, 0.5) is 9.59 Å². The maximum absolute atomic E-state index is 14.2. The third-order valence-corrected chi connectivity index (χ3v) is 9.77. The summed E-state index contributed by atoms with van der Waals surface area (Å²) in [5, 5.41) is 0.786. The Morgan fingerprint density at radius 3 is 2.29 bits per heavy atom. The van der Waals surface area contributed by atoms with Gasteiger partial charge in [0, 0.05) is 36.9 Å². The second kappa shape index (κ2) is 13.6. The fourth-order valence-corrected chi connectivity index (χ4v) is 7.30. The van der Waals surface area contributed by atoms with E-state index in [1.165, 1.54) is 0 Å². The van der Waals surface area contributed by atoms with Crippen LogP contribution in [0.5, 0.6) is 5.75 Å². The van der Waals surface area contributed by atoms with Crippen molar-refractivity contribution >= 4 is 35.1 Å². The molecule has 1 unspecified atom stereocenters. The topological polar surface area (TPSA) is 153 Å². The van der Waals surface area contributed by atoms with Gasteiger partial charge < -0.3 is 33.2 Å². The van der Waals surface area contributed by atoms with Gasteiger partial charge in [-0.15, -0.1) is 0 Å². The molecule has 0 radical (unpaired) electrons. The number of carbonyl (C=O) groups excluding carboxylic acids is 4. The molecule has 0 spiro atoms. The van der Waals surface area contributed by atoms with E-state index in [9.17, 15) is 24.0 Å². The molecule has 52 heavy (non-hydrogen) atoms. The fraction of sp³-hybridized carbons (Fsp3) is 0.538. The summed E-state index contributed by atoms with van der Waals surface area (Å²) >= 11 is 0. The number of aromatic nitrogens is 2. The summed E-state index contributed by atoms with van der Waals surface area (Å²) in [5.74, 6) is -0.852. The van der Waals surface area contributed by atoms with Crippen molar-refractivity contribution < 1.29 is 42.9 Å². The lowest BCUT2D eigenvalue weighted by molar-refractivity contribution is -0.163. The van der Waals surface area contributed by atoms with Gasteiger partial charge in [0.25, 0.3) is 5.56 Å². The molecule has 1 fully saturated rings. The molecular formula is C39H47N3O10. The lowest BCUT2D eigenvalue weighted by Gasteiger charge is -2.37. The molecule has 3 aliphatic rings. The first kappa shape index (κ1) is 36.8. The zero-order valence-electron chi connectivity index (χ0n) is 31.2. The first-order valence-electron chi connectivity index (χ1n) is 17.9. The summed E-state index contributed by atoms with van der Waals surface area (Å²) in [5.41, 5.74) is 1.34. The molecular weight excluding hydrogens is 670 g/mol. The average molecular weight is 718 g/mol. The maximum Gasteiger partial charge on any atom is 0.514 e. The molecule has 1 aromatic carbocycles. The highest BCUT2D eigenvalue weighted by atomic mass is 16.7. The maximum atomic E-state index is 14.2. The van der Waals surface area contributed by atoms with Gasteiger partial charge in [-0.25, -0.2) is 14.6 Å². The molecule has 3 aromatic rings. The monoisotopic (exact) mass is 717 g/mol. The molecule has 6 rings (SSSR count). The number of aryl methyl sites for hydroxylation is 1. The average Bonchev–Trinajstić information content (AvgIpc) is 3.42. The molecule has 1 atom stereocenters. The third-order valence-electron chi connectivity index (χ3n) is 9.77. The Kier molecular flexibility index (Phi) is 9.60. The van der Waals surface area contributed by atoms with E-state index in [0.717, 1.165) is 16.5 Å². The van der Waals surface area contributed by atoms with Crippen molar-refractivity contribution in [3.8, 4) is 17.1 Å². The van der Waals surface area contributed by atoms with E-state index in [2.05, 4.69) is 0 Å². The smallest absolute Gasteiger partial charge is 0.462 e. The van der Waals surface area contributed by atoms with Crippen LogP contribution in [-0.4, -0.2) is 69.0 Å². The van der Waals surface area contributed by atoms with E-state index in [0.29, 0.717) is 66.1 Å². The summed E-state index contributed by atoms with van der Waals surface area (Å²) in [6.45, 7) is 15.3. The Morgan fingerprint density at radius 2 is 1.65 bits per heavy atom. The van der Waals surface area contributed by atoms with Crippen LogP contribution in [0, 0.1) is 0 Å². The second-order valence-corrected chi connectivity index (χ2v) is 15.7. The quantitative estimate of drug-likeness (QED) is 0.125. The van der Waals surface area contributed by atoms with Gasteiger partial charge >= 0.3 is 24.2 Å². The number of hydrogen-bond acceptors (Lipinski definition) is 11. The summed E-state index contributed by atoms with van der Waals surface area (Å²) in [6.07, 6.45) is -0.271. The molecule has 0 aliphatic carbocycles. The van der Waals surface area contributed by atoms with Crippen LogP contribution >= 0.6 is 0 Å². The minimum atomic E-state index is -1.43. The molecule has 0 saturated carbocycles. The number of benzene rings is 1. The van der Waals surface area contributed by atoms with Crippen LogP contribution in [0.15, 0.2) is 29.1 Å². The van der Waals surface area contributed by atoms with Gasteiger partial charge in [0.1, 0.15) is 35.1 Å². The van der Waals surface area contributed by atoms with Crippen molar-refractivity contribution in [3.63, 3.8) is 0 Å². The Labute approximate surface area is 302 Å². The van der Waals surface area contributed by atoms with Crippen LogP contribution < -0.4 is 10.3 Å².